The Bertz CT molecular complexity index is 1960. The summed E-state index contributed by atoms with van der Waals surface area (Å²) in [5.41, 5.74) is 2.00. The van der Waals surface area contributed by atoms with Gasteiger partial charge in [0.1, 0.15) is 6.04 Å². The van der Waals surface area contributed by atoms with Crippen molar-refractivity contribution in [2.24, 2.45) is 5.92 Å². The van der Waals surface area contributed by atoms with Crippen molar-refractivity contribution in [1.29, 1.82) is 0 Å². The molecule has 3 aromatic carbocycles. The SMILES string of the molecule is CCOCC1CCN(c2ccc(CC(C(=O)Nc3ccc(C(=O)O)cc3)n3nc(OC)c(-c4cc(Cl)ccc4C(C)=O)cc3=O)cc2)C(=O)C1. The van der Waals surface area contributed by atoms with Crippen LogP contribution in [-0.2, 0) is 20.7 Å². The standard InChI is InChI=1S/C37H37ClN4O8/c1-4-50-21-24-15-16-41(33(44)18-24)28-12-5-23(6-13-28)17-32(35(46)39-27-10-7-25(8-11-27)37(47)48)42-34(45)20-31(36(40-42)49-3)30-19-26(38)9-14-29(30)22(2)43/h5-14,19-20,24,32H,4,15-18,21H2,1-3H3,(H,39,46)(H,47,48). The smallest absolute Gasteiger partial charge is 0.335 e. The van der Waals surface area contributed by atoms with Crippen LogP contribution in [0.15, 0.2) is 77.6 Å². The molecule has 13 heteroatoms. The number of aromatic carboxylic acids is 1. The number of carbonyl (C=O) groups is 4. The molecule has 5 rings (SSSR count). The highest BCUT2D eigenvalue weighted by atomic mass is 35.5. The molecule has 0 aliphatic carbocycles. The maximum absolute atomic E-state index is 13.9. The Labute approximate surface area is 293 Å². The van der Waals surface area contributed by atoms with E-state index in [1.54, 1.807) is 47.4 Å². The van der Waals surface area contributed by atoms with Crippen molar-refractivity contribution in [3.05, 3.63) is 105 Å². The summed E-state index contributed by atoms with van der Waals surface area (Å²) < 4.78 is 12.1. The van der Waals surface area contributed by atoms with E-state index in [9.17, 15) is 29.1 Å². The predicted molar refractivity (Wildman–Crippen MR) is 188 cm³/mol. The average molecular weight is 701 g/mol. The van der Waals surface area contributed by atoms with E-state index in [4.69, 9.17) is 21.1 Å². The summed E-state index contributed by atoms with van der Waals surface area (Å²) >= 11 is 6.25. The number of ether oxygens (including phenoxy) is 2. The average Bonchev–Trinajstić information content (AvgIpc) is 3.10. The number of hydrogen-bond acceptors (Lipinski definition) is 8. The number of ketones is 1. The fourth-order valence-electron chi connectivity index (χ4n) is 5.91. The third-order valence-corrected chi connectivity index (χ3v) is 8.76. The first-order chi connectivity index (χ1) is 24.0. The van der Waals surface area contributed by atoms with Gasteiger partial charge in [0.25, 0.3) is 5.56 Å². The molecule has 2 unspecified atom stereocenters. The molecule has 4 aromatic rings. The largest absolute Gasteiger partial charge is 0.480 e. The maximum Gasteiger partial charge on any atom is 0.335 e. The predicted octanol–water partition coefficient (Wildman–Crippen LogP) is 5.68. The Hall–Kier alpha value is -5.33. The second-order valence-corrected chi connectivity index (χ2v) is 12.4. The number of methoxy groups -OCH3 is 1. The second kappa shape index (κ2) is 15.9. The van der Waals surface area contributed by atoms with E-state index in [1.807, 2.05) is 6.92 Å². The Morgan fingerprint density at radius 1 is 1.02 bits per heavy atom. The number of Topliss-reactive ketones (excluding diaryl/α,β-unsaturated/α-hetero) is 1. The molecule has 0 spiro atoms. The number of nitrogens with one attached hydrogen (secondary N) is 1. The van der Waals surface area contributed by atoms with Gasteiger partial charge in [-0.25, -0.2) is 9.48 Å². The van der Waals surface area contributed by atoms with E-state index in [2.05, 4.69) is 10.4 Å². The number of rotatable bonds is 13. The van der Waals surface area contributed by atoms with E-state index < -0.39 is 23.5 Å². The third-order valence-electron chi connectivity index (χ3n) is 8.52. The van der Waals surface area contributed by atoms with Crippen molar-refractivity contribution in [2.45, 2.75) is 39.2 Å². The number of carboxylic acid groups (broad SMARTS) is 1. The summed E-state index contributed by atoms with van der Waals surface area (Å²) in [5, 5.41) is 16.8. The minimum absolute atomic E-state index is 0.00967. The molecule has 2 atom stereocenters. The van der Waals surface area contributed by atoms with Crippen LogP contribution in [-0.4, -0.2) is 65.3 Å². The van der Waals surface area contributed by atoms with Crippen LogP contribution >= 0.6 is 11.6 Å². The normalized spacial score (nSPS) is 15.0. The number of benzene rings is 3. The van der Waals surface area contributed by atoms with Crippen LogP contribution in [0.3, 0.4) is 0 Å². The summed E-state index contributed by atoms with van der Waals surface area (Å²) in [4.78, 5) is 66.1. The summed E-state index contributed by atoms with van der Waals surface area (Å²) in [7, 11) is 1.36. The van der Waals surface area contributed by atoms with Gasteiger partial charge in [-0.2, -0.15) is 0 Å². The van der Waals surface area contributed by atoms with Crippen molar-refractivity contribution in [1.82, 2.24) is 9.78 Å². The molecular weight excluding hydrogens is 664 g/mol. The van der Waals surface area contributed by atoms with Gasteiger partial charge in [0.15, 0.2) is 5.78 Å². The zero-order valence-electron chi connectivity index (χ0n) is 27.9. The van der Waals surface area contributed by atoms with Gasteiger partial charge in [0.2, 0.25) is 17.7 Å². The fourth-order valence-corrected chi connectivity index (χ4v) is 6.08. The number of piperidine rings is 1. The number of halogens is 1. The van der Waals surface area contributed by atoms with Gasteiger partial charge in [-0.15, -0.1) is 5.10 Å². The molecule has 1 aromatic heterocycles. The first-order valence-corrected chi connectivity index (χ1v) is 16.5. The lowest BCUT2D eigenvalue weighted by Gasteiger charge is -2.31. The van der Waals surface area contributed by atoms with Crippen LogP contribution in [0.1, 0.15) is 59.0 Å². The zero-order chi connectivity index (χ0) is 35.9. The zero-order valence-corrected chi connectivity index (χ0v) is 28.6. The van der Waals surface area contributed by atoms with Crippen molar-refractivity contribution in [3.63, 3.8) is 0 Å². The molecule has 2 heterocycles. The molecule has 260 valence electrons. The molecule has 0 radical (unpaired) electrons. The van der Waals surface area contributed by atoms with Crippen LogP contribution in [0.25, 0.3) is 11.1 Å². The number of anilines is 2. The minimum atomic E-state index is -1.20. The molecule has 2 amide bonds. The van der Waals surface area contributed by atoms with Crippen LogP contribution in [0.4, 0.5) is 11.4 Å². The number of hydrogen-bond donors (Lipinski definition) is 2. The Kier molecular flexibility index (Phi) is 11.5. The number of carboxylic acids is 1. The molecule has 50 heavy (non-hydrogen) atoms. The molecular formula is C37H37ClN4O8. The van der Waals surface area contributed by atoms with Crippen LogP contribution in [0, 0.1) is 5.92 Å². The lowest BCUT2D eigenvalue weighted by Crippen LogP contribution is -2.40. The van der Waals surface area contributed by atoms with Gasteiger partial charge in [0.05, 0.1) is 18.2 Å². The molecule has 0 bridgehead atoms. The van der Waals surface area contributed by atoms with Crippen molar-refractivity contribution >= 4 is 46.5 Å². The topological polar surface area (TPSA) is 157 Å². The summed E-state index contributed by atoms with van der Waals surface area (Å²) in [5.74, 6) is -1.79. The first kappa shape index (κ1) is 36.0. The third kappa shape index (κ3) is 8.27. The molecule has 0 saturated carbocycles. The van der Waals surface area contributed by atoms with Crippen LogP contribution in [0.2, 0.25) is 5.02 Å². The molecule has 1 aliphatic heterocycles. The van der Waals surface area contributed by atoms with E-state index in [0.717, 1.165) is 16.8 Å². The molecule has 1 fully saturated rings. The number of nitrogens with zero attached hydrogens (tertiary/aromatic N) is 3. The van der Waals surface area contributed by atoms with Gasteiger partial charge in [-0.3, -0.25) is 19.2 Å². The van der Waals surface area contributed by atoms with Gasteiger partial charge in [-0.1, -0.05) is 23.7 Å². The summed E-state index contributed by atoms with van der Waals surface area (Å²) in [6, 6.07) is 17.5. The fraction of sp³-hybridized carbons (Fsp3) is 0.297. The molecule has 1 saturated heterocycles. The number of aromatic nitrogens is 2. The van der Waals surface area contributed by atoms with Gasteiger partial charge in [0, 0.05) is 60.6 Å². The summed E-state index contributed by atoms with van der Waals surface area (Å²) in [6.07, 6.45) is 1.24. The van der Waals surface area contributed by atoms with E-state index in [0.29, 0.717) is 53.6 Å². The van der Waals surface area contributed by atoms with Gasteiger partial charge >= 0.3 is 5.97 Å². The van der Waals surface area contributed by atoms with Gasteiger partial charge < -0.3 is 24.8 Å². The second-order valence-electron chi connectivity index (χ2n) is 11.9. The Morgan fingerprint density at radius 3 is 2.36 bits per heavy atom. The molecule has 2 N–H and O–H groups in total. The van der Waals surface area contributed by atoms with Crippen molar-refractivity contribution < 1.29 is 33.8 Å². The highest BCUT2D eigenvalue weighted by Crippen LogP contribution is 2.33. The highest BCUT2D eigenvalue weighted by Gasteiger charge is 2.29. The van der Waals surface area contributed by atoms with E-state index in [1.165, 1.54) is 44.4 Å². The Balaban J connectivity index is 1.48. The minimum Gasteiger partial charge on any atom is -0.480 e. The lowest BCUT2D eigenvalue weighted by atomic mass is 9.96. The van der Waals surface area contributed by atoms with E-state index in [-0.39, 0.29) is 41.0 Å². The molecule has 1 aliphatic rings. The summed E-state index contributed by atoms with van der Waals surface area (Å²) in [6.45, 7) is 5.04. The van der Waals surface area contributed by atoms with E-state index >= 15 is 0 Å². The Morgan fingerprint density at radius 2 is 1.74 bits per heavy atom. The lowest BCUT2D eigenvalue weighted by molar-refractivity contribution is -0.121. The number of carbonyl (C=O) groups excluding carboxylic acids is 3. The van der Waals surface area contributed by atoms with Crippen LogP contribution in [0.5, 0.6) is 5.88 Å². The highest BCUT2D eigenvalue weighted by molar-refractivity contribution is 6.31. The quantitative estimate of drug-likeness (QED) is 0.168. The monoisotopic (exact) mass is 700 g/mol. The first-order valence-electron chi connectivity index (χ1n) is 16.1. The van der Waals surface area contributed by atoms with Gasteiger partial charge in [-0.05, 0) is 91.9 Å². The van der Waals surface area contributed by atoms with Crippen LogP contribution < -0.4 is 20.5 Å². The van der Waals surface area contributed by atoms with Crippen molar-refractivity contribution in [2.75, 3.05) is 37.1 Å². The number of amides is 2. The molecule has 12 nitrogen and oxygen atoms in total. The maximum atomic E-state index is 13.9. The van der Waals surface area contributed by atoms with Crippen molar-refractivity contribution in [3.8, 4) is 17.0 Å².